The summed E-state index contributed by atoms with van der Waals surface area (Å²) in [5, 5.41) is 10.1. The molecule has 0 bridgehead atoms. The second-order valence-corrected chi connectivity index (χ2v) is 6.43. The third-order valence-corrected chi connectivity index (χ3v) is 5.21. The average molecular weight is 302 g/mol. The van der Waals surface area contributed by atoms with Crippen LogP contribution >= 0.6 is 8.46 Å². The third kappa shape index (κ3) is 5.74. The second kappa shape index (κ2) is 10.6. The van der Waals surface area contributed by atoms with Crippen molar-refractivity contribution in [3.05, 3.63) is 0 Å². The van der Waals surface area contributed by atoms with Crippen LogP contribution in [0.5, 0.6) is 0 Å². The molecular weight excluding hydrogens is 271 g/mol. The molecule has 118 valence electrons. The Morgan fingerprint density at radius 2 is 1.45 bits per heavy atom. The molecule has 5 nitrogen and oxygen atoms in total. The summed E-state index contributed by atoms with van der Waals surface area (Å²) in [7, 11) is 0.273. The van der Waals surface area contributed by atoms with E-state index in [1.54, 1.807) is 0 Å². The lowest BCUT2D eigenvalue weighted by Gasteiger charge is -2.39. The first-order chi connectivity index (χ1) is 9.79. The second-order valence-electron chi connectivity index (χ2n) is 5.41. The molecule has 1 fully saturated rings. The Bertz CT molecular complexity index is 256. The van der Waals surface area contributed by atoms with Gasteiger partial charge in [0, 0.05) is 52.4 Å². The minimum atomic E-state index is -0.180. The lowest BCUT2D eigenvalue weighted by molar-refractivity contribution is 0.147. The van der Waals surface area contributed by atoms with Crippen LogP contribution in [-0.2, 0) is 4.57 Å². The summed E-state index contributed by atoms with van der Waals surface area (Å²) in [5.74, 6) is 0. The molecule has 1 heterocycles. The SMILES string of the molecule is CCCC(CC)(P=O)N1CCNCCNCCNCC1. The van der Waals surface area contributed by atoms with Gasteiger partial charge in [0.2, 0.25) is 0 Å². The fourth-order valence-corrected chi connectivity index (χ4v) is 3.57. The predicted molar refractivity (Wildman–Crippen MR) is 85.7 cm³/mol. The first-order valence-electron chi connectivity index (χ1n) is 8.00. The number of hydrogen-bond donors (Lipinski definition) is 3. The Morgan fingerprint density at radius 3 is 1.85 bits per heavy atom. The van der Waals surface area contributed by atoms with Gasteiger partial charge in [0.25, 0.3) is 0 Å². The van der Waals surface area contributed by atoms with Gasteiger partial charge in [-0.15, -0.1) is 0 Å². The monoisotopic (exact) mass is 302 g/mol. The summed E-state index contributed by atoms with van der Waals surface area (Å²) < 4.78 is 11.8. The van der Waals surface area contributed by atoms with E-state index in [0.29, 0.717) is 0 Å². The van der Waals surface area contributed by atoms with Gasteiger partial charge in [-0.2, -0.15) is 0 Å². The van der Waals surface area contributed by atoms with Crippen LogP contribution in [0.3, 0.4) is 0 Å². The number of nitrogens with one attached hydrogen (secondary N) is 3. The summed E-state index contributed by atoms with van der Waals surface area (Å²) in [6.45, 7) is 12.2. The summed E-state index contributed by atoms with van der Waals surface area (Å²) in [6, 6.07) is 0. The summed E-state index contributed by atoms with van der Waals surface area (Å²) in [6.07, 6.45) is 3.01. The summed E-state index contributed by atoms with van der Waals surface area (Å²) >= 11 is 0. The molecule has 6 heteroatoms. The minimum absolute atomic E-state index is 0.180. The van der Waals surface area contributed by atoms with Crippen molar-refractivity contribution in [1.82, 2.24) is 20.9 Å². The van der Waals surface area contributed by atoms with Gasteiger partial charge >= 0.3 is 0 Å². The molecular formula is C14H31N4OP. The lowest BCUT2D eigenvalue weighted by atomic mass is 10.1. The fourth-order valence-electron chi connectivity index (χ4n) is 2.81. The molecule has 1 aliphatic heterocycles. The molecule has 0 aliphatic carbocycles. The third-order valence-electron chi connectivity index (χ3n) is 4.05. The number of hydrogen-bond acceptors (Lipinski definition) is 5. The van der Waals surface area contributed by atoms with Crippen LogP contribution in [-0.4, -0.2) is 62.5 Å². The minimum Gasteiger partial charge on any atom is -0.314 e. The molecule has 0 spiro atoms. The molecule has 0 aromatic rings. The fraction of sp³-hybridized carbons (Fsp3) is 1.00. The van der Waals surface area contributed by atoms with Crippen LogP contribution in [0.2, 0.25) is 0 Å². The molecule has 20 heavy (non-hydrogen) atoms. The van der Waals surface area contributed by atoms with Crippen molar-refractivity contribution in [2.75, 3.05) is 52.4 Å². The van der Waals surface area contributed by atoms with Gasteiger partial charge in [-0.3, -0.25) is 9.46 Å². The Hall–Kier alpha value is -0.0600. The predicted octanol–water partition coefficient (Wildman–Crippen LogP) is 1.27. The van der Waals surface area contributed by atoms with Gasteiger partial charge in [-0.25, -0.2) is 0 Å². The van der Waals surface area contributed by atoms with Crippen molar-refractivity contribution in [3.63, 3.8) is 0 Å². The van der Waals surface area contributed by atoms with Gasteiger partial charge in [0.15, 0.2) is 8.46 Å². The summed E-state index contributed by atoms with van der Waals surface area (Å²) in [5.41, 5.74) is 0. The summed E-state index contributed by atoms with van der Waals surface area (Å²) in [4.78, 5) is 2.42. The number of rotatable bonds is 5. The van der Waals surface area contributed by atoms with Crippen molar-refractivity contribution >= 4 is 8.46 Å². The maximum absolute atomic E-state index is 11.8. The van der Waals surface area contributed by atoms with Crippen LogP contribution in [0, 0.1) is 0 Å². The highest BCUT2D eigenvalue weighted by molar-refractivity contribution is 7.25. The van der Waals surface area contributed by atoms with Crippen LogP contribution in [0.25, 0.3) is 0 Å². The molecule has 1 rings (SSSR count). The molecule has 1 saturated heterocycles. The van der Waals surface area contributed by atoms with Crippen LogP contribution in [0.1, 0.15) is 33.1 Å². The molecule has 1 unspecified atom stereocenters. The zero-order valence-electron chi connectivity index (χ0n) is 13.1. The van der Waals surface area contributed by atoms with E-state index < -0.39 is 0 Å². The standard InChI is InChI=1S/C14H31N4OP/c1-3-5-14(4-2,20-19)18-12-10-16-8-6-15-7-9-17-11-13-18/h15-17H,3-13H2,1-2H3. The molecule has 1 aliphatic rings. The van der Waals surface area contributed by atoms with Gasteiger partial charge in [-0.05, 0) is 12.8 Å². The van der Waals surface area contributed by atoms with E-state index in [1.807, 2.05) is 0 Å². The van der Waals surface area contributed by atoms with Crippen LogP contribution < -0.4 is 16.0 Å². The van der Waals surface area contributed by atoms with E-state index in [0.717, 1.165) is 71.6 Å². The highest BCUT2D eigenvalue weighted by Crippen LogP contribution is 2.35. The molecule has 3 N–H and O–H groups in total. The van der Waals surface area contributed by atoms with E-state index in [2.05, 4.69) is 34.7 Å². The first kappa shape index (κ1) is 18.0. The van der Waals surface area contributed by atoms with Crippen molar-refractivity contribution in [3.8, 4) is 0 Å². The van der Waals surface area contributed by atoms with Gasteiger partial charge < -0.3 is 16.0 Å². The Labute approximate surface area is 125 Å². The van der Waals surface area contributed by atoms with E-state index in [9.17, 15) is 4.57 Å². The molecule has 0 saturated carbocycles. The van der Waals surface area contributed by atoms with Crippen molar-refractivity contribution in [1.29, 1.82) is 0 Å². The van der Waals surface area contributed by atoms with Crippen LogP contribution in [0.15, 0.2) is 0 Å². The van der Waals surface area contributed by atoms with Gasteiger partial charge in [-0.1, -0.05) is 20.3 Å². The maximum Gasteiger partial charge on any atom is 0.177 e. The van der Waals surface area contributed by atoms with Crippen molar-refractivity contribution in [2.45, 2.75) is 38.4 Å². The Morgan fingerprint density at radius 1 is 0.950 bits per heavy atom. The van der Waals surface area contributed by atoms with E-state index >= 15 is 0 Å². The largest absolute Gasteiger partial charge is 0.314 e. The van der Waals surface area contributed by atoms with Gasteiger partial charge in [0.05, 0.1) is 0 Å². The first-order valence-corrected chi connectivity index (χ1v) is 8.82. The van der Waals surface area contributed by atoms with E-state index in [4.69, 9.17) is 0 Å². The zero-order chi connectivity index (χ0) is 14.7. The molecule has 0 amide bonds. The topological polar surface area (TPSA) is 56.4 Å². The highest BCUT2D eigenvalue weighted by Gasteiger charge is 2.34. The number of nitrogens with zero attached hydrogens (tertiary/aromatic N) is 1. The zero-order valence-corrected chi connectivity index (χ0v) is 14.0. The normalized spacial score (nSPS) is 23.7. The average Bonchev–Trinajstić information content (AvgIpc) is 2.46. The molecule has 1 atom stereocenters. The molecule has 0 aromatic heterocycles. The Balaban J connectivity index is 2.65. The van der Waals surface area contributed by atoms with Crippen LogP contribution in [0.4, 0.5) is 0 Å². The maximum atomic E-state index is 11.8. The van der Waals surface area contributed by atoms with Gasteiger partial charge in [0.1, 0.15) is 5.28 Å². The van der Waals surface area contributed by atoms with E-state index in [-0.39, 0.29) is 13.7 Å². The molecule has 0 radical (unpaired) electrons. The van der Waals surface area contributed by atoms with Crippen molar-refractivity contribution < 1.29 is 4.57 Å². The quantitative estimate of drug-likeness (QED) is 0.668. The highest BCUT2D eigenvalue weighted by atomic mass is 31.1. The Kier molecular flexibility index (Phi) is 9.57. The smallest absolute Gasteiger partial charge is 0.177 e. The van der Waals surface area contributed by atoms with E-state index in [1.165, 1.54) is 0 Å². The molecule has 0 aromatic carbocycles. The van der Waals surface area contributed by atoms with Crippen molar-refractivity contribution in [2.24, 2.45) is 0 Å². The lowest BCUT2D eigenvalue weighted by Crippen LogP contribution is -2.50.